The van der Waals surface area contributed by atoms with Gasteiger partial charge in [-0.25, -0.2) is 0 Å². The van der Waals surface area contributed by atoms with E-state index >= 15 is 0 Å². The van der Waals surface area contributed by atoms with Gasteiger partial charge in [-0.3, -0.25) is 4.90 Å². The van der Waals surface area contributed by atoms with E-state index in [-0.39, 0.29) is 5.41 Å². The average molecular weight is 293 g/mol. The minimum atomic E-state index is -0.476. The fraction of sp³-hybridized carbons (Fsp3) is 0.647. The number of nitrogens with zero attached hydrogens (tertiary/aromatic N) is 1. The molecular weight excluding hydrogens is 266 g/mol. The number of aliphatic hydroxyl groups is 1. The lowest BCUT2D eigenvalue weighted by atomic mass is 9.86. The molecule has 1 aliphatic rings. The zero-order valence-electron chi connectivity index (χ0n) is 13.3. The smallest absolute Gasteiger partial charge is 0.123 e. The van der Waals surface area contributed by atoms with E-state index in [0.717, 1.165) is 32.1 Å². The van der Waals surface area contributed by atoms with Gasteiger partial charge >= 0.3 is 0 Å². The van der Waals surface area contributed by atoms with E-state index in [2.05, 4.69) is 31.7 Å². The Hall–Kier alpha value is -1.10. The van der Waals surface area contributed by atoms with Gasteiger partial charge in [0.15, 0.2) is 0 Å². The summed E-state index contributed by atoms with van der Waals surface area (Å²) in [4.78, 5) is 2.22. The molecule has 4 nitrogen and oxygen atoms in total. The van der Waals surface area contributed by atoms with Crippen LogP contribution >= 0.6 is 0 Å². The molecule has 0 radical (unpaired) electrons. The fourth-order valence-electron chi connectivity index (χ4n) is 2.53. The first-order chi connectivity index (χ1) is 9.97. The van der Waals surface area contributed by atoms with Crippen molar-refractivity contribution in [1.29, 1.82) is 0 Å². The molecule has 1 aromatic carbocycles. The van der Waals surface area contributed by atoms with Crippen molar-refractivity contribution >= 4 is 0 Å². The lowest BCUT2D eigenvalue weighted by Gasteiger charge is -2.29. The summed E-state index contributed by atoms with van der Waals surface area (Å²) in [7, 11) is 0. The Bertz CT molecular complexity index is 436. The Balaban J connectivity index is 1.87. The van der Waals surface area contributed by atoms with Crippen molar-refractivity contribution in [1.82, 2.24) is 4.90 Å². The van der Waals surface area contributed by atoms with Crippen molar-refractivity contribution in [2.75, 3.05) is 39.5 Å². The molecule has 0 unspecified atom stereocenters. The Labute approximate surface area is 127 Å². The van der Waals surface area contributed by atoms with Crippen LogP contribution in [-0.2, 0) is 10.2 Å². The van der Waals surface area contributed by atoms with Crippen LogP contribution in [0.2, 0.25) is 0 Å². The Kier molecular flexibility index (Phi) is 5.62. The van der Waals surface area contributed by atoms with E-state index in [1.165, 1.54) is 5.56 Å². The molecule has 1 N–H and O–H groups in total. The van der Waals surface area contributed by atoms with Gasteiger partial charge < -0.3 is 14.6 Å². The second-order valence-electron chi connectivity index (χ2n) is 6.62. The van der Waals surface area contributed by atoms with Gasteiger partial charge in [-0.15, -0.1) is 0 Å². The Morgan fingerprint density at radius 2 is 1.90 bits per heavy atom. The maximum absolute atomic E-state index is 10.1. The second-order valence-corrected chi connectivity index (χ2v) is 6.62. The van der Waals surface area contributed by atoms with Crippen molar-refractivity contribution in [3.63, 3.8) is 0 Å². The van der Waals surface area contributed by atoms with E-state index in [4.69, 9.17) is 9.47 Å². The van der Waals surface area contributed by atoms with E-state index in [1.807, 2.05) is 18.2 Å². The van der Waals surface area contributed by atoms with Crippen LogP contribution in [0.15, 0.2) is 24.3 Å². The topological polar surface area (TPSA) is 41.9 Å². The molecule has 0 aliphatic carbocycles. The maximum Gasteiger partial charge on any atom is 0.123 e. The molecule has 0 saturated carbocycles. The molecule has 1 aliphatic heterocycles. The minimum absolute atomic E-state index is 0.0335. The predicted molar refractivity (Wildman–Crippen MR) is 83.9 cm³/mol. The van der Waals surface area contributed by atoms with Crippen molar-refractivity contribution < 1.29 is 14.6 Å². The molecule has 1 fully saturated rings. The summed E-state index contributed by atoms with van der Waals surface area (Å²) < 4.78 is 11.2. The number of hydrogen-bond donors (Lipinski definition) is 1. The molecule has 2 rings (SSSR count). The Morgan fingerprint density at radius 3 is 2.57 bits per heavy atom. The molecule has 0 aromatic heterocycles. The van der Waals surface area contributed by atoms with Crippen molar-refractivity contribution in [2.45, 2.75) is 32.3 Å². The summed E-state index contributed by atoms with van der Waals surface area (Å²) in [5.41, 5.74) is 1.20. The van der Waals surface area contributed by atoms with Crippen molar-refractivity contribution in [2.24, 2.45) is 0 Å². The average Bonchev–Trinajstić information content (AvgIpc) is 2.45. The summed E-state index contributed by atoms with van der Waals surface area (Å²) in [5.74, 6) is 0.867. The number of para-hydroxylation sites is 1. The summed E-state index contributed by atoms with van der Waals surface area (Å²) >= 11 is 0. The van der Waals surface area contributed by atoms with Crippen LogP contribution in [0.3, 0.4) is 0 Å². The number of rotatable bonds is 5. The zero-order valence-corrected chi connectivity index (χ0v) is 13.3. The molecule has 0 amide bonds. The third-order valence-corrected chi connectivity index (χ3v) is 3.70. The minimum Gasteiger partial charge on any atom is -0.491 e. The van der Waals surface area contributed by atoms with Crippen LogP contribution in [0, 0.1) is 0 Å². The quantitative estimate of drug-likeness (QED) is 0.902. The monoisotopic (exact) mass is 293 g/mol. The van der Waals surface area contributed by atoms with E-state index < -0.39 is 6.10 Å². The molecule has 0 spiro atoms. The first-order valence-corrected chi connectivity index (χ1v) is 7.67. The van der Waals surface area contributed by atoms with Gasteiger partial charge in [-0.1, -0.05) is 39.0 Å². The van der Waals surface area contributed by atoms with Crippen LogP contribution in [0.4, 0.5) is 0 Å². The third kappa shape index (κ3) is 4.99. The van der Waals surface area contributed by atoms with E-state index in [0.29, 0.717) is 13.2 Å². The molecular formula is C17H27NO3. The zero-order chi connectivity index (χ0) is 15.3. The first-order valence-electron chi connectivity index (χ1n) is 7.67. The van der Waals surface area contributed by atoms with Gasteiger partial charge in [0, 0.05) is 19.6 Å². The molecule has 1 aromatic rings. The number of morpholine rings is 1. The molecule has 21 heavy (non-hydrogen) atoms. The van der Waals surface area contributed by atoms with Crippen molar-refractivity contribution in [3.8, 4) is 5.75 Å². The number of aliphatic hydroxyl groups excluding tert-OH is 1. The molecule has 1 saturated heterocycles. The largest absolute Gasteiger partial charge is 0.491 e. The van der Waals surface area contributed by atoms with Gasteiger partial charge in [-0.2, -0.15) is 0 Å². The van der Waals surface area contributed by atoms with Gasteiger partial charge in [0.25, 0.3) is 0 Å². The molecule has 1 atom stereocenters. The van der Waals surface area contributed by atoms with E-state index in [1.54, 1.807) is 0 Å². The second kappa shape index (κ2) is 7.25. The normalized spacial score (nSPS) is 18.5. The SMILES string of the molecule is CC(C)(C)c1ccccc1OC[C@@H](O)CN1CCOCC1. The Morgan fingerprint density at radius 1 is 1.24 bits per heavy atom. The summed E-state index contributed by atoms with van der Waals surface area (Å²) in [5, 5.41) is 10.1. The van der Waals surface area contributed by atoms with Crippen LogP contribution in [-0.4, -0.2) is 55.6 Å². The highest BCUT2D eigenvalue weighted by Crippen LogP contribution is 2.30. The number of ether oxygens (including phenoxy) is 2. The highest BCUT2D eigenvalue weighted by Gasteiger charge is 2.20. The lowest BCUT2D eigenvalue weighted by Crippen LogP contribution is -2.42. The fourth-order valence-corrected chi connectivity index (χ4v) is 2.53. The molecule has 4 heteroatoms. The van der Waals surface area contributed by atoms with Gasteiger partial charge in [0.05, 0.1) is 13.2 Å². The third-order valence-electron chi connectivity index (χ3n) is 3.70. The summed E-state index contributed by atoms with van der Waals surface area (Å²) in [6, 6.07) is 8.06. The maximum atomic E-state index is 10.1. The highest BCUT2D eigenvalue weighted by molar-refractivity contribution is 5.38. The molecule has 0 bridgehead atoms. The first kappa shape index (κ1) is 16.3. The molecule has 1 heterocycles. The predicted octanol–water partition coefficient (Wildman–Crippen LogP) is 2.06. The highest BCUT2D eigenvalue weighted by atomic mass is 16.5. The summed E-state index contributed by atoms with van der Waals surface area (Å²) in [6.45, 7) is 10.7. The van der Waals surface area contributed by atoms with Crippen LogP contribution < -0.4 is 4.74 Å². The molecule has 118 valence electrons. The lowest BCUT2D eigenvalue weighted by molar-refractivity contribution is 0.00450. The van der Waals surface area contributed by atoms with Crippen molar-refractivity contribution in [3.05, 3.63) is 29.8 Å². The van der Waals surface area contributed by atoms with E-state index in [9.17, 15) is 5.11 Å². The number of hydrogen-bond acceptors (Lipinski definition) is 4. The van der Waals surface area contributed by atoms with Crippen LogP contribution in [0.5, 0.6) is 5.75 Å². The standard InChI is InChI=1S/C17H27NO3/c1-17(2,3)15-6-4-5-7-16(15)21-13-14(19)12-18-8-10-20-11-9-18/h4-7,14,19H,8-13H2,1-3H3/t14-/m0/s1. The van der Waals surface area contributed by atoms with Gasteiger partial charge in [0.2, 0.25) is 0 Å². The van der Waals surface area contributed by atoms with Gasteiger partial charge in [-0.05, 0) is 17.0 Å². The van der Waals surface area contributed by atoms with Crippen LogP contribution in [0.25, 0.3) is 0 Å². The number of β-amino-alcohol motifs (C(OH)–C–C–N with tert-alkyl or cyclic N) is 1. The number of benzene rings is 1. The summed E-state index contributed by atoms with van der Waals surface area (Å²) in [6.07, 6.45) is -0.476. The van der Waals surface area contributed by atoms with Crippen LogP contribution in [0.1, 0.15) is 26.3 Å². The van der Waals surface area contributed by atoms with Gasteiger partial charge in [0.1, 0.15) is 18.5 Å².